The minimum Gasteiger partial charge on any atom is -0.477 e. The maximum Gasteiger partial charge on any atom is 0.354 e. The Morgan fingerprint density at radius 2 is 1.88 bits per heavy atom. The van der Waals surface area contributed by atoms with Crippen LogP contribution in [0.4, 0.5) is 0 Å². The van der Waals surface area contributed by atoms with Crippen LogP contribution in [0.1, 0.15) is 16.2 Å². The number of methoxy groups -OCH3 is 1. The molecular formula is C28H30N2O11. The average Bonchev–Trinajstić information content (AvgIpc) is 3.36. The van der Waals surface area contributed by atoms with Crippen LogP contribution in [0.15, 0.2) is 54.8 Å². The van der Waals surface area contributed by atoms with Gasteiger partial charge in [-0.3, -0.25) is 0 Å². The number of esters is 1. The van der Waals surface area contributed by atoms with Gasteiger partial charge in [0.25, 0.3) is 0 Å². The maximum atomic E-state index is 12.8. The van der Waals surface area contributed by atoms with Gasteiger partial charge in [0.2, 0.25) is 6.29 Å². The lowest BCUT2D eigenvalue weighted by atomic mass is 9.80. The molecule has 0 amide bonds. The lowest BCUT2D eigenvalue weighted by Gasteiger charge is -2.43. The molecule has 2 aliphatic heterocycles. The highest BCUT2D eigenvalue weighted by atomic mass is 16.8. The zero-order chi connectivity index (χ0) is 29.4. The second-order valence-corrected chi connectivity index (χ2v) is 9.88. The topological polar surface area (TPSA) is 201 Å². The van der Waals surface area contributed by atoms with E-state index >= 15 is 0 Å². The van der Waals surface area contributed by atoms with E-state index in [1.807, 2.05) is 24.3 Å². The van der Waals surface area contributed by atoms with Crippen LogP contribution >= 0.6 is 0 Å². The number of aliphatic hydroxyl groups is 4. The molecule has 1 aromatic carbocycles. The molecule has 0 aliphatic carbocycles. The highest BCUT2D eigenvalue weighted by molar-refractivity contribution is 6.09. The lowest BCUT2D eigenvalue weighted by Crippen LogP contribution is -2.60. The van der Waals surface area contributed by atoms with Crippen molar-refractivity contribution in [3.05, 3.63) is 66.2 Å². The Kier molecular flexibility index (Phi) is 8.09. The number of fused-ring (bicyclic) bond motifs is 3. The second-order valence-electron chi connectivity index (χ2n) is 9.88. The minimum absolute atomic E-state index is 0.0277. The predicted molar refractivity (Wildman–Crippen MR) is 141 cm³/mol. The SMILES string of the molecule is C=CC1C(O[C@@H]2O[C@H](CO)[C@@H](O)[C@H](O)[C@H]2O)OC=C(C(=O)OC)C1Cc1nc(C(=O)O)cc2c1[nH]c1ccccc12. The van der Waals surface area contributed by atoms with Gasteiger partial charge in [0.15, 0.2) is 6.29 Å². The number of para-hydroxylation sites is 1. The number of carboxylic acid groups (broad SMARTS) is 1. The molecule has 2 aliphatic rings. The van der Waals surface area contributed by atoms with Gasteiger partial charge in [-0.15, -0.1) is 6.58 Å². The molecule has 1 fully saturated rings. The molecule has 8 atom stereocenters. The van der Waals surface area contributed by atoms with Crippen LogP contribution in [-0.2, 0) is 30.2 Å². The van der Waals surface area contributed by atoms with E-state index in [1.54, 1.807) is 0 Å². The number of carbonyl (C=O) groups is 2. The van der Waals surface area contributed by atoms with Crippen LogP contribution < -0.4 is 0 Å². The first-order valence-corrected chi connectivity index (χ1v) is 12.8. The number of ether oxygens (including phenoxy) is 4. The molecule has 6 N–H and O–H groups in total. The van der Waals surface area contributed by atoms with Crippen molar-refractivity contribution in [2.75, 3.05) is 13.7 Å². The molecule has 0 radical (unpaired) electrons. The van der Waals surface area contributed by atoms with Crippen molar-refractivity contribution in [3.63, 3.8) is 0 Å². The smallest absolute Gasteiger partial charge is 0.354 e. The van der Waals surface area contributed by atoms with E-state index in [0.29, 0.717) is 16.6 Å². The Balaban J connectivity index is 1.54. The van der Waals surface area contributed by atoms with E-state index in [1.165, 1.54) is 19.3 Å². The van der Waals surface area contributed by atoms with Crippen molar-refractivity contribution in [1.82, 2.24) is 9.97 Å². The number of carboxylic acids is 1. The molecule has 218 valence electrons. The summed E-state index contributed by atoms with van der Waals surface area (Å²) in [7, 11) is 1.21. The largest absolute Gasteiger partial charge is 0.477 e. The summed E-state index contributed by atoms with van der Waals surface area (Å²) in [6.07, 6.45) is -6.23. The average molecular weight is 571 g/mol. The molecule has 0 bridgehead atoms. The van der Waals surface area contributed by atoms with Crippen LogP contribution in [-0.4, -0.2) is 98.2 Å². The first-order valence-electron chi connectivity index (χ1n) is 12.8. The quantitative estimate of drug-likeness (QED) is 0.163. The molecular weight excluding hydrogens is 540 g/mol. The van der Waals surface area contributed by atoms with Gasteiger partial charge < -0.3 is 49.5 Å². The summed E-state index contributed by atoms with van der Waals surface area (Å²) in [5, 5.41) is 51.5. The summed E-state index contributed by atoms with van der Waals surface area (Å²) >= 11 is 0. The lowest BCUT2D eigenvalue weighted by molar-refractivity contribution is -0.339. The molecule has 13 nitrogen and oxygen atoms in total. The van der Waals surface area contributed by atoms with Gasteiger partial charge in [0.05, 0.1) is 36.8 Å². The maximum absolute atomic E-state index is 12.8. The van der Waals surface area contributed by atoms with Gasteiger partial charge in [-0.1, -0.05) is 24.3 Å². The summed E-state index contributed by atoms with van der Waals surface area (Å²) in [6.45, 7) is 3.21. The number of benzene rings is 1. The van der Waals surface area contributed by atoms with Crippen LogP contribution in [0.3, 0.4) is 0 Å². The number of nitrogens with zero attached hydrogens (tertiary/aromatic N) is 1. The van der Waals surface area contributed by atoms with E-state index in [0.717, 1.165) is 17.2 Å². The van der Waals surface area contributed by atoms with Gasteiger partial charge in [0.1, 0.15) is 30.1 Å². The van der Waals surface area contributed by atoms with Gasteiger partial charge in [-0.05, 0) is 18.6 Å². The van der Waals surface area contributed by atoms with E-state index in [2.05, 4.69) is 16.5 Å². The molecule has 2 aromatic heterocycles. The Bertz CT molecular complexity index is 1500. The monoisotopic (exact) mass is 570 g/mol. The number of pyridine rings is 1. The van der Waals surface area contributed by atoms with Gasteiger partial charge in [-0.2, -0.15) is 0 Å². The van der Waals surface area contributed by atoms with E-state index < -0.39 is 67.4 Å². The van der Waals surface area contributed by atoms with Gasteiger partial charge in [0, 0.05) is 28.1 Å². The van der Waals surface area contributed by atoms with Crippen molar-refractivity contribution in [2.45, 2.75) is 43.4 Å². The molecule has 3 unspecified atom stereocenters. The second kappa shape index (κ2) is 11.6. The van der Waals surface area contributed by atoms with Gasteiger partial charge >= 0.3 is 11.9 Å². The fourth-order valence-electron chi connectivity index (χ4n) is 5.37. The van der Waals surface area contributed by atoms with Crippen LogP contribution in [0.2, 0.25) is 0 Å². The number of aromatic nitrogens is 2. The summed E-state index contributed by atoms with van der Waals surface area (Å²) < 4.78 is 22.0. The Hall–Kier alpha value is -3.85. The Labute approximate surface area is 233 Å². The number of carbonyl (C=O) groups excluding carboxylic acids is 1. The third-order valence-electron chi connectivity index (χ3n) is 7.52. The molecule has 3 aromatic rings. The Morgan fingerprint density at radius 1 is 1.12 bits per heavy atom. The van der Waals surface area contributed by atoms with E-state index in [9.17, 15) is 35.1 Å². The highest BCUT2D eigenvalue weighted by Crippen LogP contribution is 2.38. The highest BCUT2D eigenvalue weighted by Gasteiger charge is 2.47. The standard InChI is InChI=1S/C28H30N2O11/c1-3-12-14(8-18-21-15(9-19(29-18)25(35)36)13-6-4-5-7-17(13)30-21)16(26(37)38-2)11-39-27(12)41-28-24(34)23(33)22(32)20(10-31)40-28/h3-7,9,11-12,14,20,22-24,27-28,30-34H,1,8,10H2,2H3,(H,35,36)/t12?,14?,20-,22-,23+,24-,27?,28+/m1/s1. The van der Waals surface area contributed by atoms with Crippen LogP contribution in [0.25, 0.3) is 21.8 Å². The number of rotatable bonds is 8. The van der Waals surface area contributed by atoms with Crippen LogP contribution in [0, 0.1) is 11.8 Å². The first kappa shape index (κ1) is 28.7. The molecule has 41 heavy (non-hydrogen) atoms. The third kappa shape index (κ3) is 5.19. The molecule has 1 saturated heterocycles. The Morgan fingerprint density at radius 3 is 2.56 bits per heavy atom. The number of aliphatic hydroxyl groups excluding tert-OH is 4. The molecule has 5 rings (SSSR count). The zero-order valence-corrected chi connectivity index (χ0v) is 21.9. The van der Waals surface area contributed by atoms with E-state index in [-0.39, 0.29) is 17.7 Å². The number of nitrogens with one attached hydrogen (secondary N) is 1. The summed E-state index contributed by atoms with van der Waals surface area (Å²) in [6, 6.07) is 8.87. The number of hydrogen-bond acceptors (Lipinski definition) is 11. The fourth-order valence-corrected chi connectivity index (χ4v) is 5.37. The molecule has 0 spiro atoms. The normalized spacial score (nSPS) is 30.0. The van der Waals surface area contributed by atoms with E-state index in [4.69, 9.17) is 18.9 Å². The zero-order valence-electron chi connectivity index (χ0n) is 21.9. The first-order chi connectivity index (χ1) is 19.7. The van der Waals surface area contributed by atoms with Crippen molar-refractivity contribution >= 4 is 33.7 Å². The third-order valence-corrected chi connectivity index (χ3v) is 7.52. The van der Waals surface area contributed by atoms with Crippen LogP contribution in [0.5, 0.6) is 0 Å². The minimum atomic E-state index is -1.69. The van der Waals surface area contributed by atoms with Gasteiger partial charge in [-0.25, -0.2) is 14.6 Å². The summed E-state index contributed by atoms with van der Waals surface area (Å²) in [4.78, 5) is 32.5. The van der Waals surface area contributed by atoms with Crippen molar-refractivity contribution in [3.8, 4) is 0 Å². The van der Waals surface area contributed by atoms with Crippen molar-refractivity contribution in [1.29, 1.82) is 0 Å². The fraction of sp³-hybridized carbons (Fsp3) is 0.393. The number of aromatic amines is 1. The number of hydrogen-bond donors (Lipinski definition) is 6. The molecule has 4 heterocycles. The molecule has 0 saturated carbocycles. The van der Waals surface area contributed by atoms with Crippen molar-refractivity contribution < 1.29 is 54.1 Å². The summed E-state index contributed by atoms with van der Waals surface area (Å²) in [5.74, 6) is -3.47. The van der Waals surface area contributed by atoms with Crippen molar-refractivity contribution in [2.24, 2.45) is 11.8 Å². The number of H-pyrrole nitrogens is 1. The summed E-state index contributed by atoms with van der Waals surface area (Å²) in [5.41, 5.74) is 1.64. The predicted octanol–water partition coefficient (Wildman–Crippen LogP) is 0.605. The molecule has 13 heteroatoms. The number of aromatic carboxylic acids is 1.